The van der Waals surface area contributed by atoms with E-state index < -0.39 is 10.0 Å². The molecule has 2 N–H and O–H groups in total. The zero-order valence-electron chi connectivity index (χ0n) is 16.1. The van der Waals surface area contributed by atoms with E-state index in [2.05, 4.69) is 10.0 Å². The van der Waals surface area contributed by atoms with E-state index in [1.165, 1.54) is 0 Å². The van der Waals surface area contributed by atoms with E-state index in [0.717, 1.165) is 37.2 Å². The van der Waals surface area contributed by atoms with Crippen molar-refractivity contribution in [1.29, 1.82) is 0 Å². The second-order valence-corrected chi connectivity index (χ2v) is 8.51. The summed E-state index contributed by atoms with van der Waals surface area (Å²) in [6.45, 7) is 6.94. The SMILES string of the molecule is Cc1ccc(S(=O)(=O)Nc2ccc(C(=O)N3CCCNCC3)cc2)cc1C.Cl. The number of carbonyl (C=O) groups excluding carboxylic acids is 1. The van der Waals surface area contributed by atoms with Crippen LogP contribution in [0.1, 0.15) is 27.9 Å². The number of hydrogen-bond donors (Lipinski definition) is 2. The average molecular weight is 424 g/mol. The monoisotopic (exact) mass is 423 g/mol. The number of halogens is 1. The lowest BCUT2D eigenvalue weighted by Gasteiger charge is -2.20. The number of benzene rings is 2. The highest BCUT2D eigenvalue weighted by molar-refractivity contribution is 7.92. The van der Waals surface area contributed by atoms with Gasteiger partial charge in [-0.2, -0.15) is 0 Å². The van der Waals surface area contributed by atoms with Gasteiger partial charge in [0.1, 0.15) is 0 Å². The lowest BCUT2D eigenvalue weighted by atomic mass is 10.1. The molecule has 28 heavy (non-hydrogen) atoms. The van der Waals surface area contributed by atoms with E-state index in [9.17, 15) is 13.2 Å². The molecule has 152 valence electrons. The number of hydrogen-bond acceptors (Lipinski definition) is 4. The number of anilines is 1. The van der Waals surface area contributed by atoms with Gasteiger partial charge in [0.25, 0.3) is 15.9 Å². The normalized spacial score (nSPS) is 14.7. The molecule has 0 atom stereocenters. The number of sulfonamides is 1. The van der Waals surface area contributed by atoms with Crippen LogP contribution in [-0.4, -0.2) is 45.4 Å². The number of rotatable bonds is 4. The standard InChI is InChI=1S/C20H25N3O3S.ClH/c1-15-4-9-19(14-16(15)2)27(25,26)22-18-7-5-17(6-8-18)20(24)23-12-3-10-21-11-13-23;/h4-9,14,21-22H,3,10-13H2,1-2H3;1H. The Morgan fingerprint density at radius 1 is 1.00 bits per heavy atom. The Morgan fingerprint density at radius 3 is 2.39 bits per heavy atom. The van der Waals surface area contributed by atoms with Crippen LogP contribution >= 0.6 is 12.4 Å². The Balaban J connectivity index is 0.00000280. The molecule has 3 rings (SSSR count). The molecule has 0 aliphatic carbocycles. The number of aryl methyl sites for hydroxylation is 2. The van der Waals surface area contributed by atoms with Crippen LogP contribution in [0, 0.1) is 13.8 Å². The van der Waals surface area contributed by atoms with Gasteiger partial charge in [-0.3, -0.25) is 9.52 Å². The van der Waals surface area contributed by atoms with Crippen molar-refractivity contribution in [1.82, 2.24) is 10.2 Å². The maximum absolute atomic E-state index is 12.6. The maximum atomic E-state index is 12.6. The largest absolute Gasteiger partial charge is 0.337 e. The van der Waals surface area contributed by atoms with Crippen LogP contribution in [0.3, 0.4) is 0 Å². The van der Waals surface area contributed by atoms with Gasteiger partial charge in [0.2, 0.25) is 0 Å². The zero-order valence-corrected chi connectivity index (χ0v) is 17.7. The van der Waals surface area contributed by atoms with Gasteiger partial charge in [0.15, 0.2) is 0 Å². The van der Waals surface area contributed by atoms with Crippen LogP contribution in [0.25, 0.3) is 0 Å². The van der Waals surface area contributed by atoms with Crippen LogP contribution in [0.15, 0.2) is 47.4 Å². The van der Waals surface area contributed by atoms with Gasteiger partial charge in [-0.05, 0) is 74.3 Å². The number of nitrogens with zero attached hydrogens (tertiary/aromatic N) is 1. The molecule has 6 nitrogen and oxygen atoms in total. The molecular weight excluding hydrogens is 398 g/mol. The molecule has 1 aliphatic heterocycles. The molecular formula is C20H26ClN3O3S. The minimum atomic E-state index is -3.66. The number of carbonyl (C=O) groups is 1. The Hall–Kier alpha value is -2.09. The third-order valence-electron chi connectivity index (χ3n) is 4.80. The summed E-state index contributed by atoms with van der Waals surface area (Å²) >= 11 is 0. The van der Waals surface area contributed by atoms with Crippen molar-refractivity contribution in [3.8, 4) is 0 Å². The highest BCUT2D eigenvalue weighted by Crippen LogP contribution is 2.19. The summed E-state index contributed by atoms with van der Waals surface area (Å²) in [6.07, 6.45) is 0.930. The Morgan fingerprint density at radius 2 is 1.71 bits per heavy atom. The van der Waals surface area contributed by atoms with Gasteiger partial charge < -0.3 is 10.2 Å². The first-order valence-corrected chi connectivity index (χ1v) is 10.6. The molecule has 1 saturated heterocycles. The van der Waals surface area contributed by atoms with Crippen LogP contribution in [-0.2, 0) is 10.0 Å². The fourth-order valence-electron chi connectivity index (χ4n) is 3.01. The van der Waals surface area contributed by atoms with E-state index >= 15 is 0 Å². The Bertz CT molecular complexity index is 922. The van der Waals surface area contributed by atoms with Crippen LogP contribution in [0.2, 0.25) is 0 Å². The van der Waals surface area contributed by atoms with Crippen LogP contribution in [0.4, 0.5) is 5.69 Å². The summed E-state index contributed by atoms with van der Waals surface area (Å²) < 4.78 is 27.7. The van der Waals surface area contributed by atoms with Gasteiger partial charge in [0.05, 0.1) is 4.90 Å². The van der Waals surface area contributed by atoms with E-state index in [4.69, 9.17) is 0 Å². The van der Waals surface area contributed by atoms with Crippen molar-refractivity contribution in [3.63, 3.8) is 0 Å². The van der Waals surface area contributed by atoms with Crippen molar-refractivity contribution in [2.75, 3.05) is 30.9 Å². The minimum Gasteiger partial charge on any atom is -0.337 e. The van der Waals surface area contributed by atoms with Crippen LogP contribution in [0.5, 0.6) is 0 Å². The van der Waals surface area contributed by atoms with Crippen molar-refractivity contribution >= 4 is 34.0 Å². The van der Waals surface area contributed by atoms with Gasteiger partial charge in [-0.15, -0.1) is 12.4 Å². The van der Waals surface area contributed by atoms with Crippen LogP contribution < -0.4 is 10.0 Å². The lowest BCUT2D eigenvalue weighted by molar-refractivity contribution is 0.0766. The van der Waals surface area contributed by atoms with Crippen molar-refractivity contribution < 1.29 is 13.2 Å². The average Bonchev–Trinajstić information content (AvgIpc) is 2.93. The van der Waals surface area contributed by atoms with E-state index in [0.29, 0.717) is 17.8 Å². The summed E-state index contributed by atoms with van der Waals surface area (Å²) in [5, 5.41) is 3.27. The van der Waals surface area contributed by atoms with E-state index in [-0.39, 0.29) is 23.2 Å². The molecule has 0 spiro atoms. The third kappa shape index (κ3) is 5.25. The minimum absolute atomic E-state index is 0. The second-order valence-electron chi connectivity index (χ2n) is 6.82. The lowest BCUT2D eigenvalue weighted by Crippen LogP contribution is -2.34. The van der Waals surface area contributed by atoms with E-state index in [1.54, 1.807) is 42.5 Å². The first-order valence-electron chi connectivity index (χ1n) is 9.07. The van der Waals surface area contributed by atoms with Gasteiger partial charge in [-0.1, -0.05) is 6.07 Å². The maximum Gasteiger partial charge on any atom is 0.261 e. The molecule has 1 aliphatic rings. The quantitative estimate of drug-likeness (QED) is 0.792. The van der Waals surface area contributed by atoms with Crippen molar-refractivity contribution in [3.05, 3.63) is 59.2 Å². The molecule has 1 amide bonds. The van der Waals surface area contributed by atoms with Gasteiger partial charge in [0, 0.05) is 30.9 Å². The first kappa shape index (κ1) is 22.2. The molecule has 1 fully saturated rings. The molecule has 0 radical (unpaired) electrons. The van der Waals surface area contributed by atoms with Gasteiger partial charge in [-0.25, -0.2) is 8.42 Å². The topological polar surface area (TPSA) is 78.5 Å². The Labute approximate surface area is 172 Å². The van der Waals surface area contributed by atoms with Gasteiger partial charge >= 0.3 is 0 Å². The zero-order chi connectivity index (χ0) is 19.4. The molecule has 0 unspecified atom stereocenters. The molecule has 2 aromatic carbocycles. The molecule has 1 heterocycles. The first-order chi connectivity index (χ1) is 12.9. The predicted octanol–water partition coefficient (Wildman–Crippen LogP) is 2.96. The molecule has 8 heteroatoms. The summed E-state index contributed by atoms with van der Waals surface area (Å²) in [5.74, 6) is -0.0257. The second kappa shape index (κ2) is 9.41. The summed E-state index contributed by atoms with van der Waals surface area (Å²) in [5.41, 5.74) is 2.96. The van der Waals surface area contributed by atoms with Crippen molar-refractivity contribution in [2.45, 2.75) is 25.2 Å². The summed E-state index contributed by atoms with van der Waals surface area (Å²) in [4.78, 5) is 14.7. The highest BCUT2D eigenvalue weighted by atomic mass is 35.5. The van der Waals surface area contributed by atoms with Crippen molar-refractivity contribution in [2.24, 2.45) is 0 Å². The fourth-order valence-corrected chi connectivity index (χ4v) is 4.15. The molecule has 0 saturated carbocycles. The number of nitrogens with one attached hydrogen (secondary N) is 2. The molecule has 0 aromatic heterocycles. The van der Waals surface area contributed by atoms with E-state index in [1.807, 2.05) is 18.7 Å². The Kier molecular flexibility index (Phi) is 7.46. The predicted molar refractivity (Wildman–Crippen MR) is 114 cm³/mol. The summed E-state index contributed by atoms with van der Waals surface area (Å²) in [6, 6.07) is 11.6. The number of amides is 1. The highest BCUT2D eigenvalue weighted by Gasteiger charge is 2.18. The smallest absolute Gasteiger partial charge is 0.261 e. The third-order valence-corrected chi connectivity index (χ3v) is 6.18. The molecule has 2 aromatic rings. The summed E-state index contributed by atoms with van der Waals surface area (Å²) in [7, 11) is -3.66. The fraction of sp³-hybridized carbons (Fsp3) is 0.350. The molecule has 0 bridgehead atoms.